The number of nitrogens with zero attached hydrogens (tertiary/aromatic N) is 1. The number of alkyl halides is 2. The molecule has 0 aliphatic carbocycles. The number of hydrogen-bond acceptors (Lipinski definition) is 3. The highest BCUT2D eigenvalue weighted by atomic mass is 19.3. The predicted octanol–water partition coefficient (Wildman–Crippen LogP) is 4.01. The first-order valence-electron chi connectivity index (χ1n) is 7.61. The Kier molecular flexibility index (Phi) is 4.82. The summed E-state index contributed by atoms with van der Waals surface area (Å²) in [5.41, 5.74) is -3.12. The minimum Gasteiger partial charge on any atom is -0.491 e. The lowest BCUT2D eigenvalue weighted by Crippen LogP contribution is -2.51. The zero-order valence-electron chi connectivity index (χ0n) is 14.3. The van der Waals surface area contributed by atoms with Gasteiger partial charge in [-0.25, -0.2) is 13.2 Å². The molecule has 1 aliphatic rings. The predicted molar refractivity (Wildman–Crippen MR) is 85.0 cm³/mol. The van der Waals surface area contributed by atoms with Crippen LogP contribution in [0.2, 0.25) is 0 Å². The van der Waals surface area contributed by atoms with Crippen molar-refractivity contribution in [2.75, 3.05) is 18.6 Å². The van der Waals surface area contributed by atoms with E-state index >= 15 is 0 Å². The van der Waals surface area contributed by atoms with Gasteiger partial charge in [-0.15, -0.1) is 6.42 Å². The van der Waals surface area contributed by atoms with Crippen molar-refractivity contribution in [1.29, 1.82) is 0 Å². The number of benzene rings is 2. The van der Waals surface area contributed by atoms with Gasteiger partial charge in [-0.3, -0.25) is 9.69 Å². The number of carbonyl (C=O) groups excluding carboxylic acids is 1. The van der Waals surface area contributed by atoms with E-state index in [9.17, 15) is 35.5 Å². The monoisotopic (exact) mass is 419 g/mol. The van der Waals surface area contributed by atoms with E-state index in [0.29, 0.717) is 11.0 Å². The lowest BCUT2D eigenvalue weighted by molar-refractivity contribution is -0.192. The Morgan fingerprint density at radius 1 is 1.10 bits per heavy atom. The van der Waals surface area contributed by atoms with E-state index in [1.807, 2.05) is 5.92 Å². The van der Waals surface area contributed by atoms with Crippen molar-refractivity contribution in [3.8, 4) is 35.0 Å². The van der Waals surface area contributed by atoms with Crippen LogP contribution in [-0.2, 0) is 4.79 Å². The van der Waals surface area contributed by atoms with Crippen molar-refractivity contribution in [3.05, 3.63) is 41.2 Å². The van der Waals surface area contributed by atoms with Gasteiger partial charge >= 0.3 is 12.0 Å². The standard InChI is InChI=1S/C18H8F7NO3/c1-3-4-26-9-5-7(8(19)6-10(9)29-18(24,25)17(26)27)11-12(20)14(22)16(28-2)15(23)13(11)21/h1,5-6H,4H2,2H3. The van der Waals surface area contributed by atoms with Gasteiger partial charge in [0, 0.05) is 11.6 Å². The van der Waals surface area contributed by atoms with E-state index in [1.54, 1.807) is 0 Å². The van der Waals surface area contributed by atoms with E-state index in [0.717, 1.165) is 7.11 Å². The van der Waals surface area contributed by atoms with Crippen LogP contribution < -0.4 is 14.4 Å². The number of hydrogen-bond donors (Lipinski definition) is 0. The van der Waals surface area contributed by atoms with Crippen LogP contribution in [0, 0.1) is 41.4 Å². The zero-order chi connectivity index (χ0) is 21.7. The van der Waals surface area contributed by atoms with Gasteiger partial charge in [-0.2, -0.15) is 17.6 Å². The topological polar surface area (TPSA) is 38.8 Å². The lowest BCUT2D eigenvalue weighted by Gasteiger charge is -2.32. The first-order valence-corrected chi connectivity index (χ1v) is 7.61. The molecule has 1 amide bonds. The fourth-order valence-electron chi connectivity index (χ4n) is 2.75. The number of amides is 1. The van der Waals surface area contributed by atoms with E-state index in [1.165, 1.54) is 0 Å². The van der Waals surface area contributed by atoms with Gasteiger partial charge in [0.1, 0.15) is 5.82 Å². The van der Waals surface area contributed by atoms with E-state index in [2.05, 4.69) is 9.47 Å². The highest BCUT2D eigenvalue weighted by Gasteiger charge is 2.50. The van der Waals surface area contributed by atoms with Crippen LogP contribution in [0.1, 0.15) is 0 Å². The van der Waals surface area contributed by atoms with Gasteiger partial charge in [0.25, 0.3) is 0 Å². The minimum absolute atomic E-state index is 0.285. The fourth-order valence-corrected chi connectivity index (χ4v) is 2.75. The second-order valence-corrected chi connectivity index (χ2v) is 5.68. The number of halogens is 7. The molecule has 29 heavy (non-hydrogen) atoms. The summed E-state index contributed by atoms with van der Waals surface area (Å²) < 4.78 is 107. The molecule has 0 radical (unpaired) electrons. The Bertz CT molecular complexity index is 1050. The van der Waals surface area contributed by atoms with E-state index in [-0.39, 0.29) is 6.07 Å². The third kappa shape index (κ3) is 3.00. The molecule has 0 saturated heterocycles. The zero-order valence-corrected chi connectivity index (χ0v) is 14.3. The highest BCUT2D eigenvalue weighted by molar-refractivity contribution is 6.02. The third-order valence-corrected chi connectivity index (χ3v) is 4.02. The maximum Gasteiger partial charge on any atom is 0.483 e. The molecule has 0 fully saturated rings. The van der Waals surface area contributed by atoms with Gasteiger partial charge in [-0.1, -0.05) is 5.92 Å². The minimum atomic E-state index is -4.38. The smallest absolute Gasteiger partial charge is 0.483 e. The summed E-state index contributed by atoms with van der Waals surface area (Å²) >= 11 is 0. The summed E-state index contributed by atoms with van der Waals surface area (Å²) in [6.07, 6.45) is 0.647. The summed E-state index contributed by atoms with van der Waals surface area (Å²) in [6, 6.07) is 0.801. The molecule has 3 rings (SSSR count). The number of terminal acetylenes is 1. The second-order valence-electron chi connectivity index (χ2n) is 5.68. The molecule has 0 N–H and O–H groups in total. The van der Waals surface area contributed by atoms with Crippen LogP contribution in [0.3, 0.4) is 0 Å². The summed E-state index contributed by atoms with van der Waals surface area (Å²) in [5, 5.41) is 0. The number of anilines is 1. The Balaban J connectivity index is 2.31. The molecule has 4 nitrogen and oxygen atoms in total. The molecule has 0 atom stereocenters. The molecule has 0 unspecified atom stereocenters. The van der Waals surface area contributed by atoms with Gasteiger partial charge in [-0.05, 0) is 6.07 Å². The first-order chi connectivity index (χ1) is 13.5. The molecule has 0 aromatic heterocycles. The number of fused-ring (bicyclic) bond motifs is 1. The van der Waals surface area contributed by atoms with Crippen LogP contribution in [-0.4, -0.2) is 25.7 Å². The van der Waals surface area contributed by atoms with Gasteiger partial charge in [0.05, 0.1) is 24.9 Å². The Hall–Kier alpha value is -3.42. The molecule has 2 aromatic rings. The molecule has 1 heterocycles. The van der Waals surface area contributed by atoms with Crippen molar-refractivity contribution >= 4 is 11.6 Å². The Morgan fingerprint density at radius 3 is 2.21 bits per heavy atom. The van der Waals surface area contributed by atoms with Crippen LogP contribution >= 0.6 is 0 Å². The van der Waals surface area contributed by atoms with Gasteiger partial charge < -0.3 is 9.47 Å². The second kappa shape index (κ2) is 6.88. The Labute approximate surface area is 158 Å². The quantitative estimate of drug-likeness (QED) is 0.429. The highest BCUT2D eigenvalue weighted by Crippen LogP contribution is 2.44. The van der Waals surface area contributed by atoms with Crippen molar-refractivity contribution in [3.63, 3.8) is 0 Å². The normalized spacial score (nSPS) is 14.9. The summed E-state index contributed by atoms with van der Waals surface area (Å²) in [5.74, 6) is -11.7. The van der Waals surface area contributed by atoms with Crippen LogP contribution in [0.15, 0.2) is 12.1 Å². The molecule has 2 aromatic carbocycles. The fraction of sp³-hybridized carbons (Fsp3) is 0.167. The van der Waals surface area contributed by atoms with Crippen molar-refractivity contribution in [2.45, 2.75) is 6.11 Å². The summed E-state index contributed by atoms with van der Waals surface area (Å²) in [6.45, 7) is -0.730. The first kappa shape index (κ1) is 20.3. The molecule has 0 spiro atoms. The Morgan fingerprint density at radius 2 is 1.69 bits per heavy atom. The van der Waals surface area contributed by atoms with Crippen LogP contribution in [0.25, 0.3) is 11.1 Å². The number of carbonyl (C=O) groups is 1. The molecule has 0 bridgehead atoms. The largest absolute Gasteiger partial charge is 0.491 e. The average molecular weight is 419 g/mol. The molecule has 152 valence electrons. The number of ether oxygens (including phenoxy) is 2. The van der Waals surface area contributed by atoms with Crippen LogP contribution in [0.5, 0.6) is 11.5 Å². The molecular formula is C18H8F7NO3. The van der Waals surface area contributed by atoms with Crippen molar-refractivity contribution in [1.82, 2.24) is 0 Å². The van der Waals surface area contributed by atoms with Crippen molar-refractivity contribution < 1.29 is 45.0 Å². The summed E-state index contributed by atoms with van der Waals surface area (Å²) in [4.78, 5) is 12.1. The van der Waals surface area contributed by atoms with Crippen molar-refractivity contribution in [2.24, 2.45) is 0 Å². The maximum atomic E-state index is 14.5. The third-order valence-electron chi connectivity index (χ3n) is 4.02. The summed E-state index contributed by atoms with van der Waals surface area (Å²) in [7, 11) is 0.750. The molecule has 0 saturated carbocycles. The molecular weight excluding hydrogens is 411 g/mol. The van der Waals surface area contributed by atoms with Gasteiger partial charge in [0.2, 0.25) is 11.6 Å². The SMILES string of the molecule is C#CCN1C(=O)C(F)(F)Oc2cc(F)c(-c3c(F)c(F)c(OC)c(F)c3F)cc21. The van der Waals surface area contributed by atoms with E-state index < -0.39 is 76.0 Å². The number of rotatable bonds is 3. The van der Waals surface area contributed by atoms with E-state index in [4.69, 9.17) is 6.42 Å². The van der Waals surface area contributed by atoms with Gasteiger partial charge in [0.15, 0.2) is 23.1 Å². The maximum absolute atomic E-state index is 14.5. The molecule has 1 aliphatic heterocycles. The number of methoxy groups -OCH3 is 1. The lowest BCUT2D eigenvalue weighted by atomic mass is 10.0. The average Bonchev–Trinajstić information content (AvgIpc) is 2.65. The van der Waals surface area contributed by atoms with Crippen LogP contribution in [0.4, 0.5) is 36.4 Å². The molecule has 11 heteroatoms.